The normalized spacial score (nSPS) is 11.7. The Bertz CT molecular complexity index is 599. The van der Waals surface area contributed by atoms with Crippen molar-refractivity contribution in [1.29, 1.82) is 0 Å². The molecule has 1 heterocycles. The molecule has 1 N–H and O–H groups in total. The van der Waals surface area contributed by atoms with Crippen molar-refractivity contribution in [2.24, 2.45) is 0 Å². The molecule has 0 aliphatic carbocycles. The second kappa shape index (κ2) is 6.31. The summed E-state index contributed by atoms with van der Waals surface area (Å²) < 4.78 is 24.7. The molecule has 0 amide bonds. The predicted octanol–water partition coefficient (Wildman–Crippen LogP) is 4.19. The Hall–Kier alpha value is -1.81. The highest BCUT2D eigenvalue weighted by molar-refractivity contribution is 5.24. The van der Waals surface area contributed by atoms with Gasteiger partial charge in [-0.2, -0.15) is 0 Å². The van der Waals surface area contributed by atoms with Gasteiger partial charge in [0.15, 0.2) is 11.6 Å². The molecule has 1 aromatic heterocycles. The molecule has 0 radical (unpaired) electrons. The van der Waals surface area contributed by atoms with Crippen molar-refractivity contribution in [1.82, 2.24) is 5.32 Å². The van der Waals surface area contributed by atoms with E-state index in [4.69, 9.17) is 9.15 Å². The Morgan fingerprint density at radius 1 is 1.24 bits per heavy atom. The maximum Gasteiger partial charge on any atom is 0.165 e. The lowest BCUT2D eigenvalue weighted by Crippen LogP contribution is -2.35. The van der Waals surface area contributed by atoms with E-state index in [1.54, 1.807) is 18.2 Å². The smallest absolute Gasteiger partial charge is 0.165 e. The number of halogens is 1. The van der Waals surface area contributed by atoms with Crippen LogP contribution in [0.4, 0.5) is 4.39 Å². The summed E-state index contributed by atoms with van der Waals surface area (Å²) in [5.74, 6) is 1.45. The van der Waals surface area contributed by atoms with Gasteiger partial charge < -0.3 is 14.5 Å². The molecule has 0 aliphatic rings. The molecule has 0 atom stereocenters. The standard InChI is InChI=1S/C17H22FNO2/c1-12-9-13(21-16(12)10-19-17(2,3)4)11-20-15-8-6-5-7-14(15)18/h5-9,19H,10-11H2,1-4H3. The molecule has 0 aliphatic heterocycles. The van der Waals surface area contributed by atoms with Gasteiger partial charge in [-0.3, -0.25) is 0 Å². The zero-order valence-corrected chi connectivity index (χ0v) is 13.0. The first-order valence-corrected chi connectivity index (χ1v) is 7.06. The number of ether oxygens (including phenoxy) is 1. The van der Waals surface area contributed by atoms with Gasteiger partial charge in [-0.1, -0.05) is 12.1 Å². The first kappa shape index (κ1) is 15.6. The summed E-state index contributed by atoms with van der Waals surface area (Å²) in [6.45, 7) is 9.19. The summed E-state index contributed by atoms with van der Waals surface area (Å²) in [5.41, 5.74) is 1.10. The first-order valence-electron chi connectivity index (χ1n) is 7.06. The van der Waals surface area contributed by atoms with E-state index in [-0.39, 0.29) is 23.7 Å². The van der Waals surface area contributed by atoms with Gasteiger partial charge in [0.05, 0.1) is 6.54 Å². The topological polar surface area (TPSA) is 34.4 Å². The summed E-state index contributed by atoms with van der Waals surface area (Å²) in [5, 5.41) is 3.38. The van der Waals surface area contributed by atoms with Crippen molar-refractivity contribution in [2.45, 2.75) is 46.4 Å². The highest BCUT2D eigenvalue weighted by Gasteiger charge is 2.13. The third kappa shape index (κ3) is 4.60. The molecule has 0 unspecified atom stereocenters. The third-order valence-corrected chi connectivity index (χ3v) is 3.06. The number of furan rings is 1. The summed E-state index contributed by atoms with van der Waals surface area (Å²) >= 11 is 0. The Kier molecular flexibility index (Phi) is 4.68. The van der Waals surface area contributed by atoms with Gasteiger partial charge in [0.1, 0.15) is 18.1 Å². The van der Waals surface area contributed by atoms with E-state index in [0.29, 0.717) is 12.3 Å². The molecule has 2 aromatic rings. The molecular weight excluding hydrogens is 269 g/mol. The second-order valence-electron chi connectivity index (χ2n) is 6.14. The summed E-state index contributed by atoms with van der Waals surface area (Å²) in [4.78, 5) is 0. The lowest BCUT2D eigenvalue weighted by Gasteiger charge is -2.19. The van der Waals surface area contributed by atoms with Crippen molar-refractivity contribution >= 4 is 0 Å². The number of hydrogen-bond acceptors (Lipinski definition) is 3. The van der Waals surface area contributed by atoms with E-state index < -0.39 is 0 Å². The van der Waals surface area contributed by atoms with Crippen molar-refractivity contribution in [3.05, 3.63) is 53.2 Å². The van der Waals surface area contributed by atoms with E-state index in [0.717, 1.165) is 11.3 Å². The lowest BCUT2D eigenvalue weighted by molar-refractivity contribution is 0.252. The van der Waals surface area contributed by atoms with Crippen LogP contribution in [-0.2, 0) is 13.2 Å². The van der Waals surface area contributed by atoms with E-state index in [9.17, 15) is 4.39 Å². The van der Waals surface area contributed by atoms with Gasteiger partial charge >= 0.3 is 0 Å². The van der Waals surface area contributed by atoms with E-state index in [1.165, 1.54) is 6.07 Å². The van der Waals surface area contributed by atoms with Gasteiger partial charge in [-0.05, 0) is 51.5 Å². The number of para-hydroxylation sites is 1. The Balaban J connectivity index is 1.97. The number of nitrogens with one attached hydrogen (secondary N) is 1. The zero-order valence-electron chi connectivity index (χ0n) is 13.0. The fourth-order valence-electron chi connectivity index (χ4n) is 1.89. The first-order chi connectivity index (χ1) is 9.85. The minimum absolute atomic E-state index is 0.0308. The van der Waals surface area contributed by atoms with Crippen LogP contribution in [0.15, 0.2) is 34.7 Å². The lowest BCUT2D eigenvalue weighted by atomic mass is 10.1. The molecule has 4 heteroatoms. The second-order valence-corrected chi connectivity index (χ2v) is 6.14. The van der Waals surface area contributed by atoms with Gasteiger partial charge in [0.25, 0.3) is 0 Å². The molecule has 114 valence electrons. The zero-order chi connectivity index (χ0) is 15.5. The molecular formula is C17H22FNO2. The maximum atomic E-state index is 13.5. The van der Waals surface area contributed by atoms with E-state index >= 15 is 0 Å². The predicted molar refractivity (Wildman–Crippen MR) is 80.8 cm³/mol. The van der Waals surface area contributed by atoms with Crippen LogP contribution in [0.5, 0.6) is 5.75 Å². The van der Waals surface area contributed by atoms with Crippen LogP contribution in [-0.4, -0.2) is 5.54 Å². The number of hydrogen-bond donors (Lipinski definition) is 1. The van der Waals surface area contributed by atoms with E-state index in [1.807, 2.05) is 13.0 Å². The number of aryl methyl sites for hydroxylation is 1. The van der Waals surface area contributed by atoms with Crippen LogP contribution in [0.2, 0.25) is 0 Å². The van der Waals surface area contributed by atoms with Crippen molar-refractivity contribution in [3.8, 4) is 5.75 Å². The number of benzene rings is 1. The highest BCUT2D eigenvalue weighted by Crippen LogP contribution is 2.20. The van der Waals surface area contributed by atoms with Gasteiger partial charge in [0.2, 0.25) is 0 Å². The average Bonchev–Trinajstić information content (AvgIpc) is 2.75. The fraction of sp³-hybridized carbons (Fsp3) is 0.412. The fourth-order valence-corrected chi connectivity index (χ4v) is 1.89. The van der Waals surface area contributed by atoms with Crippen LogP contribution in [0.25, 0.3) is 0 Å². The largest absolute Gasteiger partial charge is 0.483 e. The van der Waals surface area contributed by atoms with Gasteiger partial charge in [0, 0.05) is 5.54 Å². The minimum Gasteiger partial charge on any atom is -0.483 e. The molecule has 0 saturated carbocycles. The SMILES string of the molecule is Cc1cc(COc2ccccc2F)oc1CNC(C)(C)C. The number of rotatable bonds is 5. The Morgan fingerprint density at radius 2 is 1.95 bits per heavy atom. The molecule has 1 aromatic carbocycles. The van der Waals surface area contributed by atoms with Gasteiger partial charge in [-0.15, -0.1) is 0 Å². The summed E-state index contributed by atoms with van der Waals surface area (Å²) in [6.07, 6.45) is 0. The van der Waals surface area contributed by atoms with Crippen molar-refractivity contribution in [2.75, 3.05) is 0 Å². The summed E-state index contributed by atoms with van der Waals surface area (Å²) in [7, 11) is 0. The average molecular weight is 291 g/mol. The maximum absolute atomic E-state index is 13.5. The quantitative estimate of drug-likeness (QED) is 0.896. The Morgan fingerprint density at radius 3 is 2.62 bits per heavy atom. The molecule has 0 bridgehead atoms. The molecule has 0 saturated heterocycles. The Labute approximate surface area is 125 Å². The van der Waals surface area contributed by atoms with Crippen LogP contribution in [0, 0.1) is 12.7 Å². The van der Waals surface area contributed by atoms with Crippen LogP contribution in [0.1, 0.15) is 37.9 Å². The summed E-state index contributed by atoms with van der Waals surface area (Å²) in [6, 6.07) is 8.29. The molecule has 0 fully saturated rings. The van der Waals surface area contributed by atoms with Crippen LogP contribution in [0.3, 0.4) is 0 Å². The van der Waals surface area contributed by atoms with Crippen LogP contribution >= 0.6 is 0 Å². The molecule has 3 nitrogen and oxygen atoms in total. The minimum atomic E-state index is -0.365. The van der Waals surface area contributed by atoms with Crippen molar-refractivity contribution < 1.29 is 13.5 Å². The third-order valence-electron chi connectivity index (χ3n) is 3.06. The monoisotopic (exact) mass is 291 g/mol. The highest BCUT2D eigenvalue weighted by atomic mass is 19.1. The molecule has 21 heavy (non-hydrogen) atoms. The molecule has 0 spiro atoms. The van der Waals surface area contributed by atoms with Crippen molar-refractivity contribution in [3.63, 3.8) is 0 Å². The molecule has 2 rings (SSSR count). The van der Waals surface area contributed by atoms with Gasteiger partial charge in [-0.25, -0.2) is 4.39 Å². The van der Waals surface area contributed by atoms with Crippen LogP contribution < -0.4 is 10.1 Å². The van der Waals surface area contributed by atoms with E-state index in [2.05, 4.69) is 26.1 Å².